The maximum atomic E-state index is 6.09. The van der Waals surface area contributed by atoms with Gasteiger partial charge < -0.3 is 14.2 Å². The van der Waals surface area contributed by atoms with Gasteiger partial charge in [-0.2, -0.15) is 0 Å². The predicted octanol–water partition coefficient (Wildman–Crippen LogP) is 2.37. The van der Waals surface area contributed by atoms with Crippen molar-refractivity contribution in [2.45, 2.75) is 64.9 Å². The summed E-state index contributed by atoms with van der Waals surface area (Å²) in [4.78, 5) is 2.75. The van der Waals surface area contributed by atoms with Gasteiger partial charge in [-0.25, -0.2) is 0 Å². The molecule has 0 aromatic carbocycles. The fourth-order valence-electron chi connectivity index (χ4n) is 2.86. The minimum absolute atomic E-state index is 0.128. The van der Waals surface area contributed by atoms with Crippen LogP contribution in [0.15, 0.2) is 24.5 Å². The van der Waals surface area contributed by atoms with E-state index < -0.39 is 7.32 Å². The van der Waals surface area contributed by atoms with Crippen LogP contribution >= 0.6 is 0 Å². The van der Waals surface area contributed by atoms with Crippen LogP contribution in [-0.4, -0.2) is 33.3 Å². The minimum atomic E-state index is -0.895. The van der Waals surface area contributed by atoms with Crippen LogP contribution in [0, 0.1) is 13.8 Å². The Balaban J connectivity index is 1.65. The molecule has 3 rings (SSSR count). The zero-order valence-electron chi connectivity index (χ0n) is 14.4. The molecule has 7 nitrogen and oxygen atoms in total. The highest BCUT2D eigenvalue weighted by molar-refractivity contribution is 6.36. The first-order chi connectivity index (χ1) is 11.7. The number of aryl methyl sites for hydroxylation is 2. The van der Waals surface area contributed by atoms with E-state index >= 15 is 0 Å². The van der Waals surface area contributed by atoms with E-state index in [2.05, 4.69) is 10.2 Å². The largest absolute Gasteiger partial charge is 0.831 e. The second-order valence-electron chi connectivity index (χ2n) is 6.32. The molecule has 0 N–H and O–H groups in total. The molecule has 8 heteroatoms. The summed E-state index contributed by atoms with van der Waals surface area (Å²) in [5, 5.41) is 8.46. The molecular formula is C16H25BN4O3. The lowest BCUT2D eigenvalue weighted by molar-refractivity contribution is 0.0210. The second-order valence-corrected chi connectivity index (χ2v) is 6.32. The van der Waals surface area contributed by atoms with Crippen LogP contribution in [0.4, 0.5) is 0 Å². The van der Waals surface area contributed by atoms with E-state index in [1.165, 1.54) is 41.8 Å². The molecule has 1 saturated carbocycles. The third kappa shape index (κ3) is 5.02. The molecule has 0 spiro atoms. The van der Waals surface area contributed by atoms with Crippen LogP contribution in [0.3, 0.4) is 0 Å². The van der Waals surface area contributed by atoms with Crippen molar-refractivity contribution in [3.05, 3.63) is 35.9 Å². The van der Waals surface area contributed by atoms with Crippen molar-refractivity contribution in [1.29, 1.82) is 0 Å². The van der Waals surface area contributed by atoms with Crippen molar-refractivity contribution < 1.29 is 14.2 Å². The van der Waals surface area contributed by atoms with Crippen molar-refractivity contribution in [1.82, 2.24) is 19.9 Å². The first-order valence-corrected chi connectivity index (χ1v) is 8.73. The summed E-state index contributed by atoms with van der Waals surface area (Å²) in [7, 11) is -0.895. The van der Waals surface area contributed by atoms with E-state index in [9.17, 15) is 0 Å². The third-order valence-electron chi connectivity index (χ3n) is 4.14. The predicted molar refractivity (Wildman–Crippen MR) is 90.0 cm³/mol. The second kappa shape index (κ2) is 8.23. The molecule has 1 aliphatic carbocycles. The fourth-order valence-corrected chi connectivity index (χ4v) is 2.86. The molecule has 0 bridgehead atoms. The molecule has 0 unspecified atom stereocenters. The van der Waals surface area contributed by atoms with Crippen LogP contribution in [0.25, 0.3) is 0 Å². The Hall–Kier alpha value is -1.96. The van der Waals surface area contributed by atoms with Crippen molar-refractivity contribution in [3.63, 3.8) is 0 Å². The molecule has 2 heterocycles. The quantitative estimate of drug-likeness (QED) is 0.760. The normalized spacial score (nSPS) is 16.4. The maximum absolute atomic E-state index is 6.09. The Kier molecular flexibility index (Phi) is 5.79. The highest BCUT2D eigenvalue weighted by Crippen LogP contribution is 2.19. The molecule has 1 aliphatic rings. The Morgan fingerprint density at radius 3 is 1.83 bits per heavy atom. The van der Waals surface area contributed by atoms with E-state index in [0.717, 1.165) is 24.2 Å². The first kappa shape index (κ1) is 16.9. The number of nitrogens with zero attached hydrogens (tertiary/aromatic N) is 4. The van der Waals surface area contributed by atoms with Gasteiger partial charge in [-0.3, -0.25) is 0 Å². The van der Waals surface area contributed by atoms with Gasteiger partial charge in [0.1, 0.15) is 0 Å². The zero-order valence-corrected chi connectivity index (χ0v) is 14.4. The lowest BCUT2D eigenvalue weighted by Crippen LogP contribution is -2.45. The summed E-state index contributed by atoms with van der Waals surface area (Å²) in [5.41, 5.74) is 1.74. The molecule has 130 valence electrons. The van der Waals surface area contributed by atoms with Crippen LogP contribution in [-0.2, 0) is 4.65 Å². The Morgan fingerprint density at radius 2 is 1.38 bits per heavy atom. The minimum Gasteiger partial charge on any atom is -0.393 e. The number of hydrogen-bond donors (Lipinski definition) is 0. The van der Waals surface area contributed by atoms with Crippen molar-refractivity contribution >= 4 is 7.32 Å². The summed E-state index contributed by atoms with van der Waals surface area (Å²) >= 11 is 0. The van der Waals surface area contributed by atoms with Gasteiger partial charge >= 0.3 is 7.32 Å². The van der Waals surface area contributed by atoms with Crippen molar-refractivity contribution in [3.8, 4) is 0 Å². The average molecular weight is 332 g/mol. The van der Waals surface area contributed by atoms with Gasteiger partial charge in [0.25, 0.3) is 0 Å². The highest BCUT2D eigenvalue weighted by Gasteiger charge is 2.33. The molecular weight excluding hydrogens is 307 g/mol. The summed E-state index contributed by atoms with van der Waals surface area (Å²) in [6, 6.07) is 3.73. The van der Waals surface area contributed by atoms with Crippen LogP contribution in [0.5, 0.6) is 0 Å². The number of rotatable bonds is 6. The standard InChI is InChI=1S/C16H25BN4O3/c1-14-10-12-20(18-14)23-17(24-21-13-11-15(2)19-21)22-16-8-6-4-3-5-7-9-16/h10-13,16H,3-9H2,1-2H3. The molecule has 24 heavy (non-hydrogen) atoms. The van der Waals surface area contributed by atoms with Gasteiger partial charge in [0.15, 0.2) is 0 Å². The monoisotopic (exact) mass is 332 g/mol. The smallest absolute Gasteiger partial charge is 0.393 e. The summed E-state index contributed by atoms with van der Waals surface area (Å²) in [5.74, 6) is 0. The average Bonchev–Trinajstić information content (AvgIpc) is 3.10. The Bertz CT molecular complexity index is 580. The molecule has 0 radical (unpaired) electrons. The zero-order chi connectivity index (χ0) is 16.8. The lowest BCUT2D eigenvalue weighted by Gasteiger charge is -2.23. The fraction of sp³-hybridized carbons (Fsp3) is 0.625. The van der Waals surface area contributed by atoms with Gasteiger partial charge in [-0.1, -0.05) is 32.1 Å². The number of hydrogen-bond acceptors (Lipinski definition) is 5. The van der Waals surface area contributed by atoms with E-state index in [0.29, 0.717) is 0 Å². The van der Waals surface area contributed by atoms with Gasteiger partial charge in [-0.05, 0) is 38.8 Å². The van der Waals surface area contributed by atoms with Crippen molar-refractivity contribution in [2.75, 3.05) is 0 Å². The summed E-state index contributed by atoms with van der Waals surface area (Å²) in [6.07, 6.45) is 11.9. The van der Waals surface area contributed by atoms with Gasteiger partial charge in [0.2, 0.25) is 0 Å². The SMILES string of the molecule is Cc1ccn(OB(OC2CCCCCCC2)On2ccc(C)n2)n1. The maximum Gasteiger partial charge on any atom is 0.831 e. The van der Waals surface area contributed by atoms with Crippen LogP contribution < -0.4 is 9.51 Å². The molecule has 0 amide bonds. The highest BCUT2D eigenvalue weighted by atomic mass is 16.9. The molecule has 2 aromatic rings. The molecule has 0 atom stereocenters. The van der Waals surface area contributed by atoms with Crippen LogP contribution in [0.2, 0.25) is 0 Å². The topological polar surface area (TPSA) is 63.3 Å². The first-order valence-electron chi connectivity index (χ1n) is 8.73. The molecule has 0 saturated heterocycles. The van der Waals surface area contributed by atoms with E-state index in [-0.39, 0.29) is 6.10 Å². The molecule has 2 aromatic heterocycles. The Morgan fingerprint density at radius 1 is 0.875 bits per heavy atom. The van der Waals surface area contributed by atoms with Gasteiger partial charge in [0, 0.05) is 6.10 Å². The Labute approximate surface area is 143 Å². The third-order valence-corrected chi connectivity index (χ3v) is 4.14. The lowest BCUT2D eigenvalue weighted by atomic mass is 9.97. The molecule has 0 aliphatic heterocycles. The summed E-state index contributed by atoms with van der Waals surface area (Å²) in [6.45, 7) is 3.81. The number of aromatic nitrogens is 4. The van der Waals surface area contributed by atoms with E-state index in [4.69, 9.17) is 14.2 Å². The van der Waals surface area contributed by atoms with Crippen LogP contribution in [0.1, 0.15) is 56.3 Å². The van der Waals surface area contributed by atoms with Crippen molar-refractivity contribution in [2.24, 2.45) is 0 Å². The molecule has 1 fully saturated rings. The van der Waals surface area contributed by atoms with Gasteiger partial charge in [0.05, 0.1) is 23.8 Å². The van der Waals surface area contributed by atoms with E-state index in [1.807, 2.05) is 26.0 Å². The van der Waals surface area contributed by atoms with E-state index in [1.54, 1.807) is 12.4 Å². The van der Waals surface area contributed by atoms with Gasteiger partial charge in [-0.15, -0.1) is 19.9 Å². The summed E-state index contributed by atoms with van der Waals surface area (Å²) < 4.78 is 17.5.